The lowest BCUT2D eigenvalue weighted by Gasteiger charge is -2.09. The third-order valence-electron chi connectivity index (χ3n) is 4.12. The van der Waals surface area contributed by atoms with Gasteiger partial charge in [0.1, 0.15) is 0 Å². The fourth-order valence-electron chi connectivity index (χ4n) is 2.89. The van der Waals surface area contributed by atoms with Crippen molar-refractivity contribution in [2.45, 2.75) is 31.7 Å². The monoisotopic (exact) mass is 370 g/mol. The standard InChI is InChI=1S/C18H18N4OS2/c23-16-15(25-18(22-16)21-13-6-2-1-3-7-13)10-14-11-19-17(24-14)20-12-8-4-5-9-12/h1-3,6-7,10-12H,4-5,8-9H2,(H,19,20)(H,21,22,23)/b15-10-. The molecule has 2 aromatic rings. The van der Waals surface area contributed by atoms with Crippen molar-refractivity contribution in [2.24, 2.45) is 4.99 Å². The van der Waals surface area contributed by atoms with Crippen LogP contribution in [0.25, 0.3) is 6.08 Å². The van der Waals surface area contributed by atoms with E-state index in [1.807, 2.05) is 42.6 Å². The maximum atomic E-state index is 12.2. The molecule has 4 rings (SSSR count). The van der Waals surface area contributed by atoms with Crippen LogP contribution >= 0.6 is 23.1 Å². The number of benzene rings is 1. The van der Waals surface area contributed by atoms with Gasteiger partial charge in [-0.15, -0.1) is 0 Å². The van der Waals surface area contributed by atoms with Crippen LogP contribution in [-0.4, -0.2) is 22.1 Å². The number of nitrogens with zero attached hydrogens (tertiary/aromatic N) is 2. The normalized spacial score (nSPS) is 21.2. The Hall–Kier alpha value is -2.12. The molecule has 7 heteroatoms. The Kier molecular flexibility index (Phi) is 4.85. The van der Waals surface area contributed by atoms with Crippen LogP contribution in [0, 0.1) is 0 Å². The van der Waals surface area contributed by atoms with E-state index in [0.717, 1.165) is 15.7 Å². The number of aliphatic imine (C=N–C) groups is 1. The zero-order valence-corrected chi connectivity index (χ0v) is 15.2. The quantitative estimate of drug-likeness (QED) is 0.784. The summed E-state index contributed by atoms with van der Waals surface area (Å²) >= 11 is 2.94. The lowest BCUT2D eigenvalue weighted by molar-refractivity contribution is -0.115. The van der Waals surface area contributed by atoms with Crippen LogP contribution in [0.5, 0.6) is 0 Å². The number of carbonyl (C=O) groups excluding carboxylic acids is 1. The van der Waals surface area contributed by atoms with E-state index in [9.17, 15) is 4.79 Å². The molecule has 1 saturated carbocycles. The summed E-state index contributed by atoms with van der Waals surface area (Å²) in [4.78, 5) is 22.6. The van der Waals surface area contributed by atoms with Crippen molar-refractivity contribution >= 4 is 51.1 Å². The number of para-hydroxylation sites is 1. The lowest BCUT2D eigenvalue weighted by atomic mass is 10.3. The van der Waals surface area contributed by atoms with Crippen LogP contribution in [0.15, 0.2) is 46.4 Å². The number of amides is 1. The van der Waals surface area contributed by atoms with Gasteiger partial charge in [0, 0.05) is 12.2 Å². The second-order valence-corrected chi connectivity index (χ2v) is 8.10. The van der Waals surface area contributed by atoms with E-state index >= 15 is 0 Å². The van der Waals surface area contributed by atoms with Crippen molar-refractivity contribution < 1.29 is 4.79 Å². The van der Waals surface area contributed by atoms with Crippen molar-refractivity contribution in [3.05, 3.63) is 46.3 Å². The summed E-state index contributed by atoms with van der Waals surface area (Å²) < 4.78 is 0. The van der Waals surface area contributed by atoms with Crippen LogP contribution in [0.2, 0.25) is 0 Å². The average molecular weight is 371 g/mol. The van der Waals surface area contributed by atoms with Crippen LogP contribution in [0.1, 0.15) is 30.6 Å². The van der Waals surface area contributed by atoms with Crippen LogP contribution in [0.4, 0.5) is 10.8 Å². The van der Waals surface area contributed by atoms with E-state index in [4.69, 9.17) is 0 Å². The van der Waals surface area contributed by atoms with Gasteiger partial charge in [-0.2, -0.15) is 0 Å². The maximum Gasteiger partial charge on any atom is 0.264 e. The summed E-state index contributed by atoms with van der Waals surface area (Å²) in [7, 11) is 0. The molecular formula is C18H18N4OS2. The van der Waals surface area contributed by atoms with E-state index < -0.39 is 0 Å². The molecule has 1 saturated heterocycles. The van der Waals surface area contributed by atoms with Crippen LogP contribution in [0.3, 0.4) is 0 Å². The molecule has 25 heavy (non-hydrogen) atoms. The summed E-state index contributed by atoms with van der Waals surface area (Å²) in [5.74, 6) is -0.113. The predicted octanol–water partition coefficient (Wildman–Crippen LogP) is 4.39. The van der Waals surface area contributed by atoms with Crippen molar-refractivity contribution in [1.29, 1.82) is 0 Å². The molecule has 5 nitrogen and oxygen atoms in total. The number of hydrogen-bond acceptors (Lipinski definition) is 6. The molecule has 0 spiro atoms. The summed E-state index contributed by atoms with van der Waals surface area (Å²) in [6, 6.07) is 10.1. The molecule has 0 unspecified atom stereocenters. The Morgan fingerprint density at radius 1 is 1.24 bits per heavy atom. The van der Waals surface area contributed by atoms with Crippen LogP contribution in [-0.2, 0) is 4.79 Å². The third-order valence-corrected chi connectivity index (χ3v) is 5.90. The van der Waals surface area contributed by atoms with E-state index in [-0.39, 0.29) is 5.91 Å². The lowest BCUT2D eigenvalue weighted by Crippen LogP contribution is -2.19. The first-order valence-electron chi connectivity index (χ1n) is 8.33. The highest BCUT2D eigenvalue weighted by Gasteiger charge is 2.24. The Labute approximate surface area is 154 Å². The van der Waals surface area contributed by atoms with E-state index in [1.165, 1.54) is 37.4 Å². The Morgan fingerprint density at radius 3 is 2.84 bits per heavy atom. The second kappa shape index (κ2) is 7.41. The second-order valence-electron chi connectivity index (χ2n) is 6.01. The summed E-state index contributed by atoms with van der Waals surface area (Å²) in [6.07, 6.45) is 8.71. The first-order chi connectivity index (χ1) is 12.3. The number of anilines is 1. The number of amidine groups is 1. The summed E-state index contributed by atoms with van der Waals surface area (Å²) in [5, 5.41) is 7.84. The molecule has 2 N–H and O–H groups in total. The number of hydrogen-bond donors (Lipinski definition) is 2. The third kappa shape index (κ3) is 4.11. The summed E-state index contributed by atoms with van der Waals surface area (Å²) in [6.45, 7) is 0. The molecule has 0 bridgehead atoms. The van der Waals surface area contributed by atoms with Gasteiger partial charge in [-0.3, -0.25) is 4.79 Å². The molecule has 2 fully saturated rings. The topological polar surface area (TPSA) is 66.4 Å². The van der Waals surface area contributed by atoms with Gasteiger partial charge < -0.3 is 10.6 Å². The molecule has 2 aliphatic rings. The van der Waals surface area contributed by atoms with E-state index in [2.05, 4.69) is 20.6 Å². The van der Waals surface area contributed by atoms with E-state index in [1.54, 1.807) is 11.3 Å². The SMILES string of the molecule is O=C1N/C(=N/c2ccccc2)S/C1=C\c1cnc(NC2CCCC2)s1. The van der Waals surface area contributed by atoms with Crippen LogP contribution < -0.4 is 10.6 Å². The molecule has 1 aromatic carbocycles. The highest BCUT2D eigenvalue weighted by atomic mass is 32.2. The van der Waals surface area contributed by atoms with Gasteiger partial charge in [-0.05, 0) is 42.8 Å². The number of thiazole rings is 1. The number of carbonyl (C=O) groups is 1. The first-order valence-corrected chi connectivity index (χ1v) is 9.96. The highest BCUT2D eigenvalue weighted by Crippen LogP contribution is 2.31. The van der Waals surface area contributed by atoms with E-state index in [0.29, 0.717) is 16.1 Å². The van der Waals surface area contributed by atoms with Crippen molar-refractivity contribution in [3.63, 3.8) is 0 Å². The largest absolute Gasteiger partial charge is 0.359 e. The first kappa shape index (κ1) is 16.4. The zero-order chi connectivity index (χ0) is 17.1. The highest BCUT2D eigenvalue weighted by molar-refractivity contribution is 8.18. The molecule has 1 amide bonds. The van der Waals surface area contributed by atoms with Crippen molar-refractivity contribution in [3.8, 4) is 0 Å². The fourth-order valence-corrected chi connectivity index (χ4v) is 4.64. The minimum Gasteiger partial charge on any atom is -0.359 e. The number of rotatable bonds is 4. The molecule has 1 aromatic heterocycles. The molecule has 1 aliphatic heterocycles. The Bertz CT molecular complexity index is 823. The minimum atomic E-state index is -0.113. The van der Waals surface area contributed by atoms with Crippen molar-refractivity contribution in [2.75, 3.05) is 5.32 Å². The van der Waals surface area contributed by atoms with Gasteiger partial charge in [0.2, 0.25) is 0 Å². The Morgan fingerprint density at radius 2 is 2.04 bits per heavy atom. The number of aromatic nitrogens is 1. The van der Waals surface area contributed by atoms with Gasteiger partial charge in [-0.1, -0.05) is 42.4 Å². The van der Waals surface area contributed by atoms with Crippen molar-refractivity contribution in [1.82, 2.24) is 10.3 Å². The average Bonchev–Trinajstić information content (AvgIpc) is 3.33. The van der Waals surface area contributed by atoms with Gasteiger partial charge in [-0.25, -0.2) is 9.98 Å². The molecular weight excluding hydrogens is 352 g/mol. The van der Waals surface area contributed by atoms with Gasteiger partial charge in [0.15, 0.2) is 10.3 Å². The Balaban J connectivity index is 1.45. The smallest absolute Gasteiger partial charge is 0.264 e. The fraction of sp³-hybridized carbons (Fsp3) is 0.278. The minimum absolute atomic E-state index is 0.113. The molecule has 0 radical (unpaired) electrons. The van der Waals surface area contributed by atoms with Gasteiger partial charge in [0.25, 0.3) is 5.91 Å². The van der Waals surface area contributed by atoms with Gasteiger partial charge in [0.05, 0.1) is 15.5 Å². The zero-order valence-electron chi connectivity index (χ0n) is 13.6. The molecule has 1 aliphatic carbocycles. The maximum absolute atomic E-state index is 12.2. The molecule has 128 valence electrons. The molecule has 2 heterocycles. The molecule has 0 atom stereocenters. The predicted molar refractivity (Wildman–Crippen MR) is 105 cm³/mol. The number of nitrogens with one attached hydrogen (secondary N) is 2. The summed E-state index contributed by atoms with van der Waals surface area (Å²) in [5.41, 5.74) is 0.826. The number of thioether (sulfide) groups is 1. The van der Waals surface area contributed by atoms with Gasteiger partial charge >= 0.3 is 0 Å².